The summed E-state index contributed by atoms with van der Waals surface area (Å²) in [6, 6.07) is 5.23. The Bertz CT molecular complexity index is 671. The Morgan fingerprint density at radius 3 is 2.65 bits per heavy atom. The van der Waals surface area contributed by atoms with Crippen LogP contribution in [0.15, 0.2) is 39.3 Å². The first-order chi connectivity index (χ1) is 9.53. The molecule has 2 heterocycles. The fraction of sp³-hybridized carbons (Fsp3) is 0.250. The molecule has 0 radical (unpaired) electrons. The van der Waals surface area contributed by atoms with E-state index in [1.165, 1.54) is 11.3 Å². The van der Waals surface area contributed by atoms with Crippen LogP contribution >= 0.6 is 27.3 Å². The molecule has 0 atom stereocenters. The van der Waals surface area contributed by atoms with Gasteiger partial charge in [-0.1, -0.05) is 0 Å². The van der Waals surface area contributed by atoms with E-state index in [1.54, 1.807) is 30.6 Å². The molecule has 0 aliphatic rings. The zero-order valence-electron chi connectivity index (χ0n) is 10.8. The molecule has 5 nitrogen and oxygen atoms in total. The fourth-order valence-electron chi connectivity index (χ4n) is 1.60. The van der Waals surface area contributed by atoms with Crippen LogP contribution in [-0.4, -0.2) is 20.4 Å². The highest BCUT2D eigenvalue weighted by atomic mass is 79.9. The maximum absolute atomic E-state index is 12.3. The first-order valence-electron chi connectivity index (χ1n) is 5.84. The number of pyridine rings is 1. The summed E-state index contributed by atoms with van der Waals surface area (Å²) >= 11 is 4.72. The predicted molar refractivity (Wildman–Crippen MR) is 83.0 cm³/mol. The summed E-state index contributed by atoms with van der Waals surface area (Å²) in [7, 11) is -1.70. The quantitative estimate of drug-likeness (QED) is 0.810. The van der Waals surface area contributed by atoms with Crippen LogP contribution in [0.2, 0.25) is 0 Å². The third-order valence-electron chi connectivity index (χ3n) is 2.56. The molecule has 2 aromatic heterocycles. The lowest BCUT2D eigenvalue weighted by atomic mass is 10.3. The van der Waals surface area contributed by atoms with Gasteiger partial charge in [0.2, 0.25) is 10.0 Å². The first-order valence-corrected chi connectivity index (χ1v) is 8.93. The largest absolute Gasteiger partial charge is 0.315 e. The van der Waals surface area contributed by atoms with Gasteiger partial charge in [-0.05, 0) is 46.7 Å². The number of thiophene rings is 1. The monoisotopic (exact) mass is 375 g/mol. The molecule has 2 aromatic rings. The molecule has 2 N–H and O–H groups in total. The third kappa shape index (κ3) is 3.86. The normalized spacial score (nSPS) is 11.7. The van der Waals surface area contributed by atoms with Crippen LogP contribution in [0.25, 0.3) is 0 Å². The second kappa shape index (κ2) is 6.77. The summed E-state index contributed by atoms with van der Waals surface area (Å²) in [6.45, 7) is 0.887. The Morgan fingerprint density at radius 2 is 2.00 bits per heavy atom. The number of hydrogen-bond donors (Lipinski definition) is 2. The SMILES string of the molecule is CNCc1cc(S(=O)(=O)NCc2ccncc2)c(Br)s1. The maximum atomic E-state index is 12.3. The summed E-state index contributed by atoms with van der Waals surface area (Å²) in [5.74, 6) is 0. The van der Waals surface area contributed by atoms with Crippen molar-refractivity contribution in [3.63, 3.8) is 0 Å². The number of hydrogen-bond acceptors (Lipinski definition) is 5. The third-order valence-corrected chi connectivity index (χ3v) is 6.22. The highest BCUT2D eigenvalue weighted by Gasteiger charge is 2.20. The molecule has 8 heteroatoms. The van der Waals surface area contributed by atoms with Crippen LogP contribution in [0, 0.1) is 0 Å². The summed E-state index contributed by atoms with van der Waals surface area (Å²) < 4.78 is 27.8. The lowest BCUT2D eigenvalue weighted by Gasteiger charge is -2.05. The number of aromatic nitrogens is 1. The highest BCUT2D eigenvalue weighted by molar-refractivity contribution is 9.11. The van der Waals surface area contributed by atoms with E-state index >= 15 is 0 Å². The number of nitrogens with zero attached hydrogens (tertiary/aromatic N) is 1. The predicted octanol–water partition coefficient (Wildman–Crippen LogP) is 2.10. The Labute approximate surface area is 130 Å². The molecule has 0 spiro atoms. The van der Waals surface area contributed by atoms with Crippen molar-refractivity contribution < 1.29 is 8.42 Å². The Morgan fingerprint density at radius 1 is 1.30 bits per heavy atom. The minimum absolute atomic E-state index is 0.245. The van der Waals surface area contributed by atoms with Crippen molar-refractivity contribution in [2.75, 3.05) is 7.05 Å². The zero-order chi connectivity index (χ0) is 14.6. The van der Waals surface area contributed by atoms with Crippen molar-refractivity contribution in [3.8, 4) is 0 Å². The molecular formula is C12H14BrN3O2S2. The van der Waals surface area contributed by atoms with Gasteiger partial charge in [-0.3, -0.25) is 4.98 Å². The van der Waals surface area contributed by atoms with E-state index in [9.17, 15) is 8.42 Å². The van der Waals surface area contributed by atoms with E-state index in [0.717, 1.165) is 10.4 Å². The van der Waals surface area contributed by atoms with E-state index in [1.807, 2.05) is 7.05 Å². The number of rotatable bonds is 6. The molecule has 0 aromatic carbocycles. The first kappa shape index (κ1) is 15.6. The molecule has 0 saturated carbocycles. The fourth-order valence-corrected chi connectivity index (χ4v) is 5.31. The van der Waals surface area contributed by atoms with E-state index in [-0.39, 0.29) is 11.4 Å². The van der Waals surface area contributed by atoms with Gasteiger partial charge in [0.25, 0.3) is 0 Å². The van der Waals surface area contributed by atoms with Crippen LogP contribution in [0.4, 0.5) is 0 Å². The Balaban J connectivity index is 2.14. The van der Waals surface area contributed by atoms with Gasteiger partial charge in [0.1, 0.15) is 4.90 Å². The molecule has 2 rings (SSSR count). The minimum atomic E-state index is -3.52. The Hall–Kier alpha value is -0.800. The van der Waals surface area contributed by atoms with E-state index in [2.05, 4.69) is 31.0 Å². The second-order valence-corrected chi connectivity index (χ2v) is 8.25. The van der Waals surface area contributed by atoms with Gasteiger partial charge in [0, 0.05) is 30.4 Å². The van der Waals surface area contributed by atoms with Gasteiger partial charge in [-0.2, -0.15) is 0 Å². The molecule has 0 amide bonds. The molecule has 0 aliphatic heterocycles. The molecule has 0 aliphatic carbocycles. The van der Waals surface area contributed by atoms with Crippen LogP contribution in [0.3, 0.4) is 0 Å². The van der Waals surface area contributed by atoms with Crippen molar-refractivity contribution in [2.45, 2.75) is 18.0 Å². The minimum Gasteiger partial charge on any atom is -0.315 e. The van der Waals surface area contributed by atoms with E-state index in [0.29, 0.717) is 10.3 Å². The van der Waals surface area contributed by atoms with Gasteiger partial charge in [0.05, 0.1) is 3.79 Å². The van der Waals surface area contributed by atoms with Crippen LogP contribution in [0.5, 0.6) is 0 Å². The van der Waals surface area contributed by atoms with E-state index < -0.39 is 10.0 Å². The second-order valence-electron chi connectivity index (χ2n) is 4.06. The molecule has 108 valence electrons. The van der Waals surface area contributed by atoms with Crippen molar-refractivity contribution in [3.05, 3.63) is 44.8 Å². The molecule has 0 fully saturated rings. The van der Waals surface area contributed by atoms with Gasteiger partial charge in [0.15, 0.2) is 0 Å². The number of sulfonamides is 1. The van der Waals surface area contributed by atoms with Crippen molar-refractivity contribution in [1.29, 1.82) is 0 Å². The van der Waals surface area contributed by atoms with Crippen molar-refractivity contribution in [1.82, 2.24) is 15.0 Å². The van der Waals surface area contributed by atoms with Crippen LogP contribution in [-0.2, 0) is 23.1 Å². The summed E-state index contributed by atoms with van der Waals surface area (Å²) in [5, 5.41) is 3.00. The standard InChI is InChI=1S/C12H14BrN3O2S2/c1-14-8-10-6-11(12(13)19-10)20(17,18)16-7-9-2-4-15-5-3-9/h2-6,14,16H,7-8H2,1H3. The lowest BCUT2D eigenvalue weighted by Crippen LogP contribution is -2.23. The zero-order valence-corrected chi connectivity index (χ0v) is 14.0. The van der Waals surface area contributed by atoms with Crippen LogP contribution < -0.4 is 10.0 Å². The molecule has 20 heavy (non-hydrogen) atoms. The molecular weight excluding hydrogens is 362 g/mol. The van der Waals surface area contributed by atoms with Gasteiger partial charge in [-0.25, -0.2) is 13.1 Å². The summed E-state index contributed by atoms with van der Waals surface area (Å²) in [6.07, 6.45) is 3.27. The highest BCUT2D eigenvalue weighted by Crippen LogP contribution is 2.31. The number of halogens is 1. The molecule has 0 bridgehead atoms. The van der Waals surface area contributed by atoms with Gasteiger partial charge in [-0.15, -0.1) is 11.3 Å². The lowest BCUT2D eigenvalue weighted by molar-refractivity contribution is 0.581. The summed E-state index contributed by atoms with van der Waals surface area (Å²) in [5.41, 5.74) is 0.866. The smallest absolute Gasteiger partial charge is 0.242 e. The maximum Gasteiger partial charge on any atom is 0.242 e. The van der Waals surface area contributed by atoms with Gasteiger partial charge < -0.3 is 5.32 Å². The average molecular weight is 376 g/mol. The topological polar surface area (TPSA) is 71.1 Å². The van der Waals surface area contributed by atoms with Crippen molar-refractivity contribution >= 4 is 37.3 Å². The van der Waals surface area contributed by atoms with Gasteiger partial charge >= 0.3 is 0 Å². The van der Waals surface area contributed by atoms with E-state index in [4.69, 9.17) is 0 Å². The van der Waals surface area contributed by atoms with Crippen LogP contribution in [0.1, 0.15) is 10.4 Å². The molecule has 0 unspecified atom stereocenters. The number of nitrogens with one attached hydrogen (secondary N) is 2. The average Bonchev–Trinajstić information content (AvgIpc) is 2.80. The van der Waals surface area contributed by atoms with Crippen molar-refractivity contribution in [2.24, 2.45) is 0 Å². The Kier molecular flexibility index (Phi) is 5.28. The molecule has 0 saturated heterocycles. The summed E-state index contributed by atoms with van der Waals surface area (Å²) in [4.78, 5) is 5.14.